The van der Waals surface area contributed by atoms with E-state index in [-0.39, 0.29) is 24.8 Å². The molecule has 0 radical (unpaired) electrons. The second-order valence-corrected chi connectivity index (χ2v) is 4.78. The molecule has 6 heteroatoms. The smallest absolute Gasteiger partial charge is 0.0926 e. The number of halogens is 2. The number of aryl methyl sites for hydroxylation is 1. The molecule has 2 N–H and O–H groups in total. The number of rotatable bonds is 4. The molecule has 2 rings (SSSR count). The van der Waals surface area contributed by atoms with Gasteiger partial charge in [0.1, 0.15) is 0 Å². The first-order valence-electron chi connectivity index (χ1n) is 6.07. The molecular weight excluding hydrogens is 295 g/mol. The summed E-state index contributed by atoms with van der Waals surface area (Å²) in [4.78, 5) is 2.14. The van der Waals surface area contributed by atoms with E-state index in [1.165, 1.54) is 5.69 Å². The monoisotopic (exact) mass is 316 g/mol. The van der Waals surface area contributed by atoms with Crippen molar-refractivity contribution in [2.24, 2.45) is 12.8 Å². The Morgan fingerprint density at radius 3 is 2.25 bits per heavy atom. The van der Waals surface area contributed by atoms with Crippen LogP contribution in [0.25, 0.3) is 11.3 Å². The maximum atomic E-state index is 5.60. The van der Waals surface area contributed by atoms with Crippen LogP contribution in [0.3, 0.4) is 0 Å². The molecule has 1 aromatic heterocycles. The van der Waals surface area contributed by atoms with E-state index in [0.29, 0.717) is 6.54 Å². The maximum Gasteiger partial charge on any atom is 0.0926 e. The van der Waals surface area contributed by atoms with Gasteiger partial charge < -0.3 is 10.6 Å². The fourth-order valence-corrected chi connectivity index (χ4v) is 1.93. The quantitative estimate of drug-likeness (QED) is 0.942. The van der Waals surface area contributed by atoms with E-state index in [1.54, 1.807) is 0 Å². The molecule has 0 aliphatic heterocycles. The summed E-state index contributed by atoms with van der Waals surface area (Å²) in [5.74, 6) is 0. The highest BCUT2D eigenvalue weighted by molar-refractivity contribution is 5.85. The molecule has 0 unspecified atom stereocenters. The lowest BCUT2D eigenvalue weighted by atomic mass is 10.1. The van der Waals surface area contributed by atoms with Gasteiger partial charge in [-0.25, -0.2) is 0 Å². The van der Waals surface area contributed by atoms with Crippen molar-refractivity contribution in [1.82, 2.24) is 14.7 Å². The van der Waals surface area contributed by atoms with E-state index >= 15 is 0 Å². The molecule has 4 nitrogen and oxygen atoms in total. The van der Waals surface area contributed by atoms with Gasteiger partial charge in [0, 0.05) is 25.7 Å². The van der Waals surface area contributed by atoms with Crippen molar-refractivity contribution >= 4 is 24.8 Å². The van der Waals surface area contributed by atoms with Crippen molar-refractivity contribution in [1.29, 1.82) is 0 Å². The second kappa shape index (κ2) is 8.27. The number of nitrogens with zero attached hydrogens (tertiary/aromatic N) is 3. The second-order valence-electron chi connectivity index (χ2n) is 4.78. The Morgan fingerprint density at radius 2 is 1.75 bits per heavy atom. The SMILES string of the molecule is CN(C)Cc1cc(-c2ccc(CN)cc2)nn1C.Cl.Cl. The van der Waals surface area contributed by atoms with Crippen LogP contribution in [-0.2, 0) is 20.1 Å². The average Bonchev–Trinajstić information content (AvgIpc) is 2.70. The van der Waals surface area contributed by atoms with Crippen LogP contribution in [0.15, 0.2) is 30.3 Å². The Kier molecular flexibility index (Phi) is 7.83. The van der Waals surface area contributed by atoms with Gasteiger partial charge >= 0.3 is 0 Å². The molecule has 0 bridgehead atoms. The van der Waals surface area contributed by atoms with E-state index in [2.05, 4.69) is 54.4 Å². The van der Waals surface area contributed by atoms with E-state index in [9.17, 15) is 0 Å². The van der Waals surface area contributed by atoms with Crippen LogP contribution in [0.1, 0.15) is 11.3 Å². The molecule has 20 heavy (non-hydrogen) atoms. The minimum absolute atomic E-state index is 0. The fourth-order valence-electron chi connectivity index (χ4n) is 1.93. The number of hydrogen-bond acceptors (Lipinski definition) is 3. The first-order valence-corrected chi connectivity index (χ1v) is 6.07. The number of hydrogen-bond donors (Lipinski definition) is 1. The van der Waals surface area contributed by atoms with Crippen molar-refractivity contribution in [3.05, 3.63) is 41.6 Å². The largest absolute Gasteiger partial charge is 0.326 e. The molecule has 0 amide bonds. The fraction of sp³-hybridized carbons (Fsp3) is 0.357. The highest BCUT2D eigenvalue weighted by Gasteiger charge is 2.07. The highest BCUT2D eigenvalue weighted by atomic mass is 35.5. The van der Waals surface area contributed by atoms with Gasteiger partial charge in [-0.05, 0) is 25.7 Å². The van der Waals surface area contributed by atoms with Crippen LogP contribution in [-0.4, -0.2) is 28.8 Å². The predicted molar refractivity (Wildman–Crippen MR) is 88.4 cm³/mol. The first kappa shape index (κ1) is 18.9. The normalized spacial score (nSPS) is 10.1. The standard InChI is InChI=1S/C14H20N4.2ClH/c1-17(2)10-13-8-14(16-18(13)3)12-6-4-11(9-15)5-7-12;;/h4-8H,9-10,15H2,1-3H3;2*1H. The molecule has 2 aromatic rings. The molecule has 0 atom stereocenters. The summed E-state index contributed by atoms with van der Waals surface area (Å²) in [5, 5.41) is 4.55. The van der Waals surface area contributed by atoms with Gasteiger partial charge in [-0.15, -0.1) is 24.8 Å². The van der Waals surface area contributed by atoms with Crippen LogP contribution in [0, 0.1) is 0 Å². The summed E-state index contributed by atoms with van der Waals surface area (Å²) < 4.78 is 1.94. The third-order valence-corrected chi connectivity index (χ3v) is 2.94. The van der Waals surface area contributed by atoms with Crippen LogP contribution >= 0.6 is 24.8 Å². The Bertz CT molecular complexity index is 520. The van der Waals surface area contributed by atoms with Gasteiger partial charge in [0.25, 0.3) is 0 Å². The van der Waals surface area contributed by atoms with Crippen molar-refractivity contribution in [2.45, 2.75) is 13.1 Å². The molecule has 0 saturated carbocycles. The lowest BCUT2D eigenvalue weighted by Gasteiger charge is -2.08. The van der Waals surface area contributed by atoms with E-state index in [4.69, 9.17) is 5.73 Å². The van der Waals surface area contributed by atoms with Gasteiger partial charge in [-0.3, -0.25) is 4.68 Å². The van der Waals surface area contributed by atoms with Crippen molar-refractivity contribution in [2.75, 3.05) is 14.1 Å². The lowest BCUT2D eigenvalue weighted by Crippen LogP contribution is -2.13. The molecule has 0 fully saturated rings. The molecular formula is C14H22Cl2N4. The van der Waals surface area contributed by atoms with Crippen LogP contribution in [0.5, 0.6) is 0 Å². The molecule has 0 aliphatic rings. The number of aromatic nitrogens is 2. The average molecular weight is 317 g/mol. The summed E-state index contributed by atoms with van der Waals surface area (Å²) in [5.41, 5.74) is 10.1. The van der Waals surface area contributed by atoms with E-state index < -0.39 is 0 Å². The van der Waals surface area contributed by atoms with Crippen molar-refractivity contribution in [3.8, 4) is 11.3 Å². The first-order chi connectivity index (χ1) is 8.60. The number of nitrogens with two attached hydrogens (primary N) is 1. The summed E-state index contributed by atoms with van der Waals surface area (Å²) in [6.07, 6.45) is 0. The third kappa shape index (κ3) is 4.49. The zero-order valence-electron chi connectivity index (χ0n) is 12.0. The highest BCUT2D eigenvalue weighted by Crippen LogP contribution is 2.19. The topological polar surface area (TPSA) is 47.1 Å². The van der Waals surface area contributed by atoms with Crippen LogP contribution in [0.4, 0.5) is 0 Å². The zero-order valence-corrected chi connectivity index (χ0v) is 13.7. The third-order valence-electron chi connectivity index (χ3n) is 2.94. The van der Waals surface area contributed by atoms with Crippen molar-refractivity contribution < 1.29 is 0 Å². The van der Waals surface area contributed by atoms with E-state index in [1.807, 2.05) is 11.7 Å². The summed E-state index contributed by atoms with van der Waals surface area (Å²) in [7, 11) is 6.10. The van der Waals surface area contributed by atoms with Crippen molar-refractivity contribution in [3.63, 3.8) is 0 Å². The zero-order chi connectivity index (χ0) is 13.1. The molecule has 0 aliphatic carbocycles. The van der Waals surface area contributed by atoms with Gasteiger partial charge in [-0.2, -0.15) is 5.10 Å². The Labute approximate surface area is 132 Å². The van der Waals surface area contributed by atoms with Gasteiger partial charge in [0.05, 0.1) is 11.4 Å². The molecule has 1 heterocycles. The molecule has 0 saturated heterocycles. The minimum Gasteiger partial charge on any atom is -0.326 e. The predicted octanol–water partition coefficient (Wildman–Crippen LogP) is 2.45. The minimum atomic E-state index is 0. The Morgan fingerprint density at radius 1 is 1.15 bits per heavy atom. The summed E-state index contributed by atoms with van der Waals surface area (Å²) in [6, 6.07) is 10.4. The lowest BCUT2D eigenvalue weighted by molar-refractivity contribution is 0.387. The molecule has 1 aromatic carbocycles. The number of benzene rings is 1. The summed E-state index contributed by atoms with van der Waals surface area (Å²) in [6.45, 7) is 1.47. The Balaban J connectivity index is 0.00000180. The molecule has 112 valence electrons. The van der Waals surface area contributed by atoms with Gasteiger partial charge in [0.15, 0.2) is 0 Å². The van der Waals surface area contributed by atoms with Crippen LogP contribution in [0.2, 0.25) is 0 Å². The molecule has 0 spiro atoms. The van der Waals surface area contributed by atoms with Gasteiger partial charge in [-0.1, -0.05) is 24.3 Å². The van der Waals surface area contributed by atoms with Gasteiger partial charge in [0.2, 0.25) is 0 Å². The van der Waals surface area contributed by atoms with E-state index in [0.717, 1.165) is 23.4 Å². The summed E-state index contributed by atoms with van der Waals surface area (Å²) >= 11 is 0. The maximum absolute atomic E-state index is 5.60. The Hall–Kier alpha value is -1.07. The van der Waals surface area contributed by atoms with Crippen LogP contribution < -0.4 is 5.73 Å².